The van der Waals surface area contributed by atoms with Gasteiger partial charge in [-0.3, -0.25) is 9.69 Å². The van der Waals surface area contributed by atoms with E-state index in [-0.39, 0.29) is 5.56 Å². The zero-order chi connectivity index (χ0) is 18.8. The Kier molecular flexibility index (Phi) is 6.07. The van der Waals surface area contributed by atoms with E-state index < -0.39 is 0 Å². The molecule has 6 heteroatoms. The molecule has 2 aliphatic rings. The molecular formula is C21H29N3OS2. The molecule has 4 nitrogen and oxygen atoms in total. The van der Waals surface area contributed by atoms with Gasteiger partial charge in [-0.15, -0.1) is 0 Å². The SMILES string of the molecule is CSCCN(C)Cc1ccc2n(c1=O)C[C@H]1C[C@@H]2CN(Cc2ccsc2)C1. The van der Waals surface area contributed by atoms with Crippen LogP contribution in [0.3, 0.4) is 0 Å². The molecule has 146 valence electrons. The van der Waals surface area contributed by atoms with E-state index in [0.29, 0.717) is 11.8 Å². The minimum absolute atomic E-state index is 0.240. The van der Waals surface area contributed by atoms with Gasteiger partial charge in [-0.2, -0.15) is 23.1 Å². The van der Waals surface area contributed by atoms with E-state index in [9.17, 15) is 4.79 Å². The summed E-state index contributed by atoms with van der Waals surface area (Å²) in [6, 6.07) is 6.54. The Balaban J connectivity index is 1.50. The highest BCUT2D eigenvalue weighted by Crippen LogP contribution is 2.35. The monoisotopic (exact) mass is 403 g/mol. The van der Waals surface area contributed by atoms with Gasteiger partial charge >= 0.3 is 0 Å². The molecule has 0 N–H and O–H groups in total. The fourth-order valence-electron chi connectivity index (χ4n) is 4.60. The van der Waals surface area contributed by atoms with Gasteiger partial charge in [0.15, 0.2) is 0 Å². The normalized spacial score (nSPS) is 22.2. The van der Waals surface area contributed by atoms with Gasteiger partial charge in [0, 0.05) is 62.2 Å². The molecule has 1 fully saturated rings. The van der Waals surface area contributed by atoms with Crippen LogP contribution in [0.1, 0.15) is 29.2 Å². The van der Waals surface area contributed by atoms with Crippen molar-refractivity contribution >= 4 is 23.1 Å². The molecule has 0 spiro atoms. The summed E-state index contributed by atoms with van der Waals surface area (Å²) in [6.07, 6.45) is 3.36. The number of aromatic nitrogens is 1. The molecule has 0 amide bonds. The number of hydrogen-bond acceptors (Lipinski definition) is 5. The average molecular weight is 404 g/mol. The number of nitrogens with zero attached hydrogens (tertiary/aromatic N) is 3. The third kappa shape index (κ3) is 4.34. The minimum atomic E-state index is 0.240. The van der Waals surface area contributed by atoms with Crippen molar-refractivity contribution < 1.29 is 0 Å². The Morgan fingerprint density at radius 1 is 1.26 bits per heavy atom. The van der Waals surface area contributed by atoms with Crippen LogP contribution in [0.2, 0.25) is 0 Å². The van der Waals surface area contributed by atoms with Crippen LogP contribution in [0, 0.1) is 5.92 Å². The number of rotatable bonds is 7. The predicted octanol–water partition coefficient (Wildman–Crippen LogP) is 3.32. The van der Waals surface area contributed by atoms with Crippen molar-refractivity contribution in [3.63, 3.8) is 0 Å². The molecule has 0 radical (unpaired) electrons. The first-order valence-corrected chi connectivity index (χ1v) is 12.1. The second kappa shape index (κ2) is 8.52. The van der Waals surface area contributed by atoms with Gasteiger partial charge in [-0.05, 0) is 54.1 Å². The molecule has 0 aromatic carbocycles. The van der Waals surface area contributed by atoms with Gasteiger partial charge in [0.1, 0.15) is 0 Å². The van der Waals surface area contributed by atoms with E-state index in [1.807, 2.05) is 11.8 Å². The molecule has 2 bridgehead atoms. The van der Waals surface area contributed by atoms with E-state index in [2.05, 4.69) is 56.6 Å². The molecule has 0 saturated carbocycles. The molecule has 2 aliphatic heterocycles. The highest BCUT2D eigenvalue weighted by Gasteiger charge is 2.34. The number of piperidine rings is 1. The maximum absolute atomic E-state index is 13.1. The first-order chi connectivity index (χ1) is 13.1. The third-order valence-electron chi connectivity index (χ3n) is 5.86. The number of thioether (sulfide) groups is 1. The van der Waals surface area contributed by atoms with Crippen molar-refractivity contribution in [1.82, 2.24) is 14.4 Å². The van der Waals surface area contributed by atoms with Gasteiger partial charge in [0.25, 0.3) is 5.56 Å². The maximum atomic E-state index is 13.1. The Morgan fingerprint density at radius 2 is 2.15 bits per heavy atom. The molecule has 2 atom stereocenters. The van der Waals surface area contributed by atoms with Gasteiger partial charge in [0.2, 0.25) is 0 Å². The third-order valence-corrected chi connectivity index (χ3v) is 7.19. The topological polar surface area (TPSA) is 28.5 Å². The van der Waals surface area contributed by atoms with Gasteiger partial charge in [-0.1, -0.05) is 6.07 Å². The van der Waals surface area contributed by atoms with E-state index in [4.69, 9.17) is 0 Å². The summed E-state index contributed by atoms with van der Waals surface area (Å²) in [4.78, 5) is 17.9. The summed E-state index contributed by atoms with van der Waals surface area (Å²) in [5, 5.41) is 4.41. The standard InChI is InChI=1S/C21H29N3OS2/c1-22(6-8-26-2)13-18-3-4-20-19-9-17(12-24(20)21(18)25)11-23(14-19)10-16-5-7-27-15-16/h3-5,7,15,17,19H,6,8-14H2,1-2H3/t17-,19+/m0/s1. The first-order valence-electron chi connectivity index (χ1n) is 9.77. The van der Waals surface area contributed by atoms with Gasteiger partial charge in [0.05, 0.1) is 0 Å². The molecule has 2 aromatic heterocycles. The highest BCUT2D eigenvalue weighted by atomic mass is 32.2. The van der Waals surface area contributed by atoms with Crippen molar-refractivity contribution in [2.45, 2.75) is 32.0 Å². The van der Waals surface area contributed by atoms with Gasteiger partial charge in [-0.25, -0.2) is 0 Å². The molecule has 2 aromatic rings. The quantitative estimate of drug-likeness (QED) is 0.709. The Bertz CT molecular complexity index is 817. The summed E-state index contributed by atoms with van der Waals surface area (Å²) in [5.41, 5.74) is 3.85. The Hall–Kier alpha value is -1.08. The first kappa shape index (κ1) is 19.2. The molecule has 27 heavy (non-hydrogen) atoms. The smallest absolute Gasteiger partial charge is 0.255 e. The average Bonchev–Trinajstić information content (AvgIpc) is 3.15. The van der Waals surface area contributed by atoms with Crippen LogP contribution in [-0.2, 0) is 19.6 Å². The largest absolute Gasteiger partial charge is 0.312 e. The molecule has 4 heterocycles. The van der Waals surface area contributed by atoms with Crippen LogP contribution in [0.25, 0.3) is 0 Å². The Morgan fingerprint density at radius 3 is 2.93 bits per heavy atom. The zero-order valence-corrected chi connectivity index (χ0v) is 17.9. The second-order valence-corrected chi connectivity index (χ2v) is 9.82. The van der Waals surface area contributed by atoms with Crippen molar-refractivity contribution in [1.29, 1.82) is 0 Å². The number of thiophene rings is 1. The van der Waals surface area contributed by atoms with Crippen LogP contribution in [0.4, 0.5) is 0 Å². The van der Waals surface area contributed by atoms with Crippen LogP contribution in [-0.4, -0.2) is 53.1 Å². The summed E-state index contributed by atoms with van der Waals surface area (Å²) < 4.78 is 2.10. The zero-order valence-electron chi connectivity index (χ0n) is 16.3. The molecule has 0 unspecified atom stereocenters. The molecular weight excluding hydrogens is 374 g/mol. The van der Waals surface area contributed by atoms with E-state index >= 15 is 0 Å². The predicted molar refractivity (Wildman–Crippen MR) is 116 cm³/mol. The van der Waals surface area contributed by atoms with Gasteiger partial charge < -0.3 is 9.47 Å². The van der Waals surface area contributed by atoms with Crippen molar-refractivity contribution in [2.75, 3.05) is 38.7 Å². The lowest BCUT2D eigenvalue weighted by Gasteiger charge is -2.43. The molecule has 4 rings (SSSR count). The number of hydrogen-bond donors (Lipinski definition) is 0. The van der Waals surface area contributed by atoms with Crippen molar-refractivity contribution in [3.8, 4) is 0 Å². The fraction of sp³-hybridized carbons (Fsp3) is 0.571. The van der Waals surface area contributed by atoms with Crippen LogP contribution >= 0.6 is 23.1 Å². The highest BCUT2D eigenvalue weighted by molar-refractivity contribution is 7.98. The van der Waals surface area contributed by atoms with E-state index in [1.54, 1.807) is 11.3 Å². The summed E-state index contributed by atoms with van der Waals surface area (Å²) >= 11 is 3.62. The summed E-state index contributed by atoms with van der Waals surface area (Å²) in [6.45, 7) is 5.87. The summed E-state index contributed by atoms with van der Waals surface area (Å²) in [5.74, 6) is 2.19. The molecule has 1 saturated heterocycles. The van der Waals surface area contributed by atoms with Crippen LogP contribution in [0.15, 0.2) is 33.8 Å². The lowest BCUT2D eigenvalue weighted by atomic mass is 9.83. The van der Waals surface area contributed by atoms with Crippen LogP contribution in [0.5, 0.6) is 0 Å². The maximum Gasteiger partial charge on any atom is 0.255 e. The van der Waals surface area contributed by atoms with E-state index in [0.717, 1.165) is 50.6 Å². The second-order valence-electron chi connectivity index (χ2n) is 8.05. The van der Waals surface area contributed by atoms with Crippen molar-refractivity contribution in [2.24, 2.45) is 5.92 Å². The van der Waals surface area contributed by atoms with Crippen molar-refractivity contribution in [3.05, 3.63) is 56.1 Å². The molecule has 0 aliphatic carbocycles. The fourth-order valence-corrected chi connectivity index (χ4v) is 5.75. The Labute approximate surface area is 170 Å². The number of likely N-dealkylation sites (tertiary alicyclic amines) is 1. The lowest BCUT2D eigenvalue weighted by Crippen LogP contribution is -2.47. The van der Waals surface area contributed by atoms with E-state index in [1.165, 1.54) is 17.7 Å². The minimum Gasteiger partial charge on any atom is -0.312 e. The number of fused-ring (bicyclic) bond motifs is 4. The van der Waals surface area contributed by atoms with Crippen LogP contribution < -0.4 is 5.56 Å². The number of pyridine rings is 1. The summed E-state index contributed by atoms with van der Waals surface area (Å²) in [7, 11) is 2.11. The lowest BCUT2D eigenvalue weighted by molar-refractivity contribution is 0.114.